The lowest BCUT2D eigenvalue weighted by atomic mass is 10.1. The highest BCUT2D eigenvalue weighted by Gasteiger charge is 2.09. The molecule has 2 unspecified atom stereocenters. The Morgan fingerprint density at radius 3 is 2.82 bits per heavy atom. The molecular formula is C13H26N4. The molecule has 0 fully saturated rings. The van der Waals surface area contributed by atoms with Crippen molar-refractivity contribution < 1.29 is 0 Å². The van der Waals surface area contributed by atoms with Crippen molar-refractivity contribution >= 4 is 0 Å². The van der Waals surface area contributed by atoms with Crippen LogP contribution in [0, 0.1) is 0 Å². The number of nitrogens with two attached hydrogens (primary N) is 1. The van der Waals surface area contributed by atoms with E-state index in [2.05, 4.69) is 24.3 Å². The van der Waals surface area contributed by atoms with Crippen LogP contribution in [0.1, 0.15) is 51.1 Å². The number of hydrogen-bond acceptors (Lipinski definition) is 3. The standard InChI is InChI=1S/C13H26N4/c1-4-5-6-7-11(2)15-9-13(14)12-8-16-17(3)10-12/h8,10-11,13,15H,4-7,9,14H2,1-3H3. The van der Waals surface area contributed by atoms with Crippen LogP contribution in [-0.2, 0) is 7.05 Å². The van der Waals surface area contributed by atoms with Gasteiger partial charge in [-0.05, 0) is 13.3 Å². The molecule has 2 atom stereocenters. The maximum Gasteiger partial charge on any atom is 0.0537 e. The minimum absolute atomic E-state index is 0.0392. The highest BCUT2D eigenvalue weighted by atomic mass is 15.2. The summed E-state index contributed by atoms with van der Waals surface area (Å²) in [4.78, 5) is 0. The highest BCUT2D eigenvalue weighted by Crippen LogP contribution is 2.08. The monoisotopic (exact) mass is 238 g/mol. The largest absolute Gasteiger partial charge is 0.323 e. The number of rotatable bonds is 8. The molecule has 3 N–H and O–H groups in total. The van der Waals surface area contributed by atoms with Crippen molar-refractivity contribution in [1.82, 2.24) is 15.1 Å². The Morgan fingerprint density at radius 1 is 1.47 bits per heavy atom. The molecule has 1 heterocycles. The summed E-state index contributed by atoms with van der Waals surface area (Å²) < 4.78 is 1.79. The summed E-state index contributed by atoms with van der Waals surface area (Å²) in [5.74, 6) is 0. The predicted octanol–water partition coefficient (Wildman–Crippen LogP) is 1.98. The number of unbranched alkanes of at least 4 members (excludes halogenated alkanes) is 2. The molecule has 0 aliphatic heterocycles. The number of aromatic nitrogens is 2. The van der Waals surface area contributed by atoms with Gasteiger partial charge in [0.25, 0.3) is 0 Å². The fourth-order valence-electron chi connectivity index (χ4n) is 1.88. The van der Waals surface area contributed by atoms with E-state index in [0.717, 1.165) is 12.1 Å². The maximum absolute atomic E-state index is 6.10. The van der Waals surface area contributed by atoms with Gasteiger partial charge in [0, 0.05) is 37.4 Å². The van der Waals surface area contributed by atoms with E-state index in [-0.39, 0.29) is 6.04 Å². The quantitative estimate of drug-likeness (QED) is 0.681. The molecule has 0 amide bonds. The molecule has 17 heavy (non-hydrogen) atoms. The molecule has 0 saturated heterocycles. The molecule has 0 bridgehead atoms. The first-order valence-electron chi connectivity index (χ1n) is 6.61. The van der Waals surface area contributed by atoms with Gasteiger partial charge in [-0.15, -0.1) is 0 Å². The topological polar surface area (TPSA) is 55.9 Å². The SMILES string of the molecule is CCCCCC(C)NCC(N)c1cnn(C)c1. The third kappa shape index (κ3) is 5.33. The summed E-state index contributed by atoms with van der Waals surface area (Å²) in [5.41, 5.74) is 7.19. The molecule has 1 rings (SSSR count). The van der Waals surface area contributed by atoms with E-state index < -0.39 is 0 Å². The number of aryl methyl sites for hydroxylation is 1. The van der Waals surface area contributed by atoms with Crippen LogP contribution in [0.25, 0.3) is 0 Å². The van der Waals surface area contributed by atoms with Crippen LogP contribution in [-0.4, -0.2) is 22.4 Å². The van der Waals surface area contributed by atoms with Gasteiger partial charge < -0.3 is 11.1 Å². The van der Waals surface area contributed by atoms with Crippen LogP contribution < -0.4 is 11.1 Å². The summed E-state index contributed by atoms with van der Waals surface area (Å²) in [6, 6.07) is 0.585. The number of nitrogens with one attached hydrogen (secondary N) is 1. The Balaban J connectivity index is 2.21. The van der Waals surface area contributed by atoms with Gasteiger partial charge in [-0.25, -0.2) is 0 Å². The molecule has 0 spiro atoms. The van der Waals surface area contributed by atoms with Crippen LogP contribution in [0.3, 0.4) is 0 Å². The van der Waals surface area contributed by atoms with E-state index in [0.29, 0.717) is 6.04 Å². The first kappa shape index (κ1) is 14.2. The fourth-order valence-corrected chi connectivity index (χ4v) is 1.88. The molecule has 0 aliphatic rings. The van der Waals surface area contributed by atoms with E-state index in [9.17, 15) is 0 Å². The van der Waals surface area contributed by atoms with Crippen molar-refractivity contribution in [3.63, 3.8) is 0 Å². The average Bonchev–Trinajstić information content (AvgIpc) is 2.73. The molecule has 4 heteroatoms. The Morgan fingerprint density at radius 2 is 2.24 bits per heavy atom. The van der Waals surface area contributed by atoms with Crippen molar-refractivity contribution in [2.24, 2.45) is 12.8 Å². The van der Waals surface area contributed by atoms with Crippen molar-refractivity contribution in [3.05, 3.63) is 18.0 Å². The lowest BCUT2D eigenvalue weighted by molar-refractivity contribution is 0.467. The van der Waals surface area contributed by atoms with Gasteiger partial charge in [0.2, 0.25) is 0 Å². The average molecular weight is 238 g/mol. The molecule has 0 saturated carbocycles. The highest BCUT2D eigenvalue weighted by molar-refractivity contribution is 5.09. The van der Waals surface area contributed by atoms with Crippen molar-refractivity contribution in [1.29, 1.82) is 0 Å². The summed E-state index contributed by atoms with van der Waals surface area (Å²) in [5, 5.41) is 7.62. The molecule has 0 radical (unpaired) electrons. The van der Waals surface area contributed by atoms with Crippen LogP contribution in [0.4, 0.5) is 0 Å². The van der Waals surface area contributed by atoms with Crippen LogP contribution in [0.2, 0.25) is 0 Å². The molecule has 0 aromatic carbocycles. The van der Waals surface area contributed by atoms with E-state index in [1.807, 2.05) is 19.4 Å². The van der Waals surface area contributed by atoms with Crippen molar-refractivity contribution in [3.8, 4) is 0 Å². The Labute approximate surface area is 105 Å². The van der Waals surface area contributed by atoms with Crippen molar-refractivity contribution in [2.45, 2.75) is 51.6 Å². The second-order valence-corrected chi connectivity index (χ2v) is 4.86. The smallest absolute Gasteiger partial charge is 0.0537 e. The summed E-state index contributed by atoms with van der Waals surface area (Å²) >= 11 is 0. The zero-order valence-electron chi connectivity index (χ0n) is 11.3. The van der Waals surface area contributed by atoms with E-state index in [1.54, 1.807) is 4.68 Å². The Kier molecular flexibility index (Phi) is 6.22. The number of hydrogen-bond donors (Lipinski definition) is 2. The van der Waals surface area contributed by atoms with E-state index in [4.69, 9.17) is 5.73 Å². The first-order chi connectivity index (χ1) is 8.13. The van der Waals surface area contributed by atoms with Crippen LogP contribution in [0.15, 0.2) is 12.4 Å². The molecular weight excluding hydrogens is 212 g/mol. The Bertz CT molecular complexity index is 308. The molecule has 1 aromatic heterocycles. The van der Waals surface area contributed by atoms with Crippen LogP contribution >= 0.6 is 0 Å². The molecule has 1 aromatic rings. The van der Waals surface area contributed by atoms with Gasteiger partial charge in [-0.3, -0.25) is 4.68 Å². The minimum atomic E-state index is 0.0392. The van der Waals surface area contributed by atoms with Gasteiger partial charge >= 0.3 is 0 Å². The van der Waals surface area contributed by atoms with Gasteiger partial charge in [0.05, 0.1) is 6.20 Å². The lowest BCUT2D eigenvalue weighted by Gasteiger charge is -2.16. The van der Waals surface area contributed by atoms with Gasteiger partial charge in [0.1, 0.15) is 0 Å². The third-order valence-electron chi connectivity index (χ3n) is 3.08. The second-order valence-electron chi connectivity index (χ2n) is 4.86. The summed E-state index contributed by atoms with van der Waals surface area (Å²) in [6.07, 6.45) is 8.95. The minimum Gasteiger partial charge on any atom is -0.323 e. The van der Waals surface area contributed by atoms with Crippen molar-refractivity contribution in [2.75, 3.05) is 6.54 Å². The molecule has 98 valence electrons. The zero-order valence-corrected chi connectivity index (χ0v) is 11.3. The third-order valence-corrected chi connectivity index (χ3v) is 3.08. The Hall–Kier alpha value is -0.870. The van der Waals surface area contributed by atoms with Gasteiger partial charge in [-0.1, -0.05) is 26.2 Å². The van der Waals surface area contributed by atoms with Gasteiger partial charge in [-0.2, -0.15) is 5.10 Å². The predicted molar refractivity (Wildman–Crippen MR) is 71.7 cm³/mol. The van der Waals surface area contributed by atoms with Crippen LogP contribution in [0.5, 0.6) is 0 Å². The number of nitrogens with zero attached hydrogens (tertiary/aromatic N) is 2. The lowest BCUT2D eigenvalue weighted by Crippen LogP contribution is -2.33. The summed E-state index contributed by atoms with van der Waals surface area (Å²) in [7, 11) is 1.91. The van der Waals surface area contributed by atoms with Gasteiger partial charge in [0.15, 0.2) is 0 Å². The second kappa shape index (κ2) is 7.45. The summed E-state index contributed by atoms with van der Waals surface area (Å²) in [6.45, 7) is 5.28. The maximum atomic E-state index is 6.10. The van der Waals surface area contributed by atoms with E-state index >= 15 is 0 Å². The zero-order chi connectivity index (χ0) is 12.7. The fraction of sp³-hybridized carbons (Fsp3) is 0.769. The first-order valence-corrected chi connectivity index (χ1v) is 6.61. The molecule has 4 nitrogen and oxygen atoms in total. The molecule has 0 aliphatic carbocycles. The normalized spacial score (nSPS) is 14.8. The van der Waals surface area contributed by atoms with E-state index in [1.165, 1.54) is 25.7 Å².